The number of halogens is 2. The third kappa shape index (κ3) is 9.96. The van der Waals surface area contributed by atoms with Crippen LogP contribution in [-0.2, 0) is 6.54 Å². The molecule has 1 unspecified atom stereocenters. The number of carboxylic acids is 1. The van der Waals surface area contributed by atoms with Crippen LogP contribution in [0.1, 0.15) is 47.2 Å². The number of hydrogen-bond donors (Lipinski definition) is 4. The van der Waals surface area contributed by atoms with Crippen molar-refractivity contribution in [2.24, 2.45) is 0 Å². The van der Waals surface area contributed by atoms with Crippen LogP contribution in [0.3, 0.4) is 0 Å². The smallest absolute Gasteiger partial charge is 0.496 e. The Balaban J connectivity index is 0.000000530. The molecule has 4 N–H and O–H groups in total. The zero-order valence-electron chi connectivity index (χ0n) is 22.2. The second kappa shape index (κ2) is 16.2. The van der Waals surface area contributed by atoms with Gasteiger partial charge in [0.2, 0.25) is 0 Å². The number of nitrogens with one attached hydrogen (secondary N) is 3. The molecule has 198 valence electrons. The van der Waals surface area contributed by atoms with E-state index in [0.717, 1.165) is 40.7 Å². The molecule has 2 aromatic carbocycles. The van der Waals surface area contributed by atoms with Gasteiger partial charge in [-0.05, 0) is 55.8 Å². The number of hydrogen-bond acceptors (Lipinski definition) is 4. The van der Waals surface area contributed by atoms with Gasteiger partial charge in [-0.15, -0.1) is 0 Å². The predicted molar refractivity (Wildman–Crippen MR) is 141 cm³/mol. The van der Waals surface area contributed by atoms with Gasteiger partial charge >= 0.3 is 74.9 Å². The molecule has 1 atom stereocenters. The Morgan fingerprint density at radius 3 is 2.49 bits per heavy atom. The molecule has 0 radical (unpaired) electrons. The molecule has 1 heterocycles. The van der Waals surface area contributed by atoms with Crippen molar-refractivity contribution in [1.29, 1.82) is 0 Å². The minimum atomic E-state index is -2.48. The number of carbonyl (C=O) groups is 1. The summed E-state index contributed by atoms with van der Waals surface area (Å²) in [5, 5.41) is 16.3. The Hall–Kier alpha value is -0.918. The fourth-order valence-electron chi connectivity index (χ4n) is 4.29. The Morgan fingerprint density at radius 2 is 1.95 bits per heavy atom. The zero-order chi connectivity index (χ0) is 25.4. The number of rotatable bonds is 10. The largest absolute Gasteiger partial charge is 1.00 e. The SMILES string of the molecule is O=C(O)c1ccccc1.[CH2-]CC(CCNCc1c(OC)cc(C)c2[nH]ccc12)NC1CC(F)(F)C1.[CH3-].[Cs+]. The number of H-pyrrole nitrogens is 1. The van der Waals surface area contributed by atoms with Crippen LogP contribution in [0, 0.1) is 21.3 Å². The van der Waals surface area contributed by atoms with Gasteiger partial charge in [-0.3, -0.25) is 0 Å². The number of aromatic nitrogens is 1. The molecule has 1 fully saturated rings. The van der Waals surface area contributed by atoms with Crippen LogP contribution in [0.25, 0.3) is 10.9 Å². The summed E-state index contributed by atoms with van der Waals surface area (Å²) in [5.41, 5.74) is 3.75. The normalized spacial score (nSPS) is 14.8. The van der Waals surface area contributed by atoms with Crippen molar-refractivity contribution in [2.75, 3.05) is 13.7 Å². The minimum absolute atomic E-state index is 0. The number of carboxylic acid groups (broad SMARTS) is 1. The molecule has 0 saturated heterocycles. The van der Waals surface area contributed by atoms with Crippen LogP contribution < -0.4 is 84.3 Å². The zero-order valence-corrected chi connectivity index (χ0v) is 28.5. The van der Waals surface area contributed by atoms with Gasteiger partial charge in [0.15, 0.2) is 0 Å². The molecule has 0 amide bonds. The van der Waals surface area contributed by atoms with E-state index in [1.54, 1.807) is 37.4 Å². The van der Waals surface area contributed by atoms with Crippen LogP contribution >= 0.6 is 0 Å². The summed E-state index contributed by atoms with van der Waals surface area (Å²) < 4.78 is 31.5. The van der Waals surface area contributed by atoms with Gasteiger partial charge in [-0.1, -0.05) is 18.2 Å². The Labute approximate surface area is 277 Å². The second-order valence-corrected chi connectivity index (χ2v) is 8.89. The molecule has 1 aliphatic carbocycles. The molecule has 4 rings (SSSR count). The van der Waals surface area contributed by atoms with E-state index in [-0.39, 0.29) is 101 Å². The van der Waals surface area contributed by atoms with Gasteiger partial charge in [0, 0.05) is 48.1 Å². The number of benzene rings is 2. The van der Waals surface area contributed by atoms with Crippen LogP contribution in [0.4, 0.5) is 8.78 Å². The fraction of sp³-hybridized carbons (Fsp3) is 0.393. The molecule has 0 spiro atoms. The van der Waals surface area contributed by atoms with E-state index < -0.39 is 11.9 Å². The number of fused-ring (bicyclic) bond motifs is 1. The number of aromatic carboxylic acids is 1. The van der Waals surface area contributed by atoms with E-state index in [9.17, 15) is 13.6 Å². The van der Waals surface area contributed by atoms with Gasteiger partial charge in [0.25, 0.3) is 5.92 Å². The quantitative estimate of drug-likeness (QED) is 0.204. The molecule has 9 heteroatoms. The van der Waals surface area contributed by atoms with E-state index in [2.05, 4.69) is 35.5 Å². The maximum absolute atomic E-state index is 13.0. The van der Waals surface area contributed by atoms with Crippen molar-refractivity contribution in [1.82, 2.24) is 15.6 Å². The van der Waals surface area contributed by atoms with Gasteiger partial charge in [-0.25, -0.2) is 13.6 Å². The number of ether oxygens (including phenoxy) is 1. The number of alkyl halides is 2. The monoisotopic (exact) mass is 634 g/mol. The van der Waals surface area contributed by atoms with Crippen LogP contribution in [0.5, 0.6) is 5.75 Å². The first-order chi connectivity index (χ1) is 16.7. The minimum Gasteiger partial charge on any atom is -0.496 e. The molecule has 1 saturated carbocycles. The average Bonchev–Trinajstić information content (AvgIpc) is 3.32. The van der Waals surface area contributed by atoms with Gasteiger partial charge in [0.05, 0.1) is 12.7 Å². The summed E-state index contributed by atoms with van der Waals surface area (Å²) in [6.07, 6.45) is 3.39. The standard InChI is InChI=1S/C20H28F2N3O.C7H6O2.CH3.Cs/c1-4-14(25-15-10-20(21,22)11-15)5-7-23-12-17-16-6-8-24-19(16)13(2)9-18(17)26-3;8-7(9)6-4-2-1-3-5-6;;/h6,8-9,14-15,23-25H,1,4-5,7,10-12H2,2-3H3;1-5H,(H,8,9);1H3;/q-1;;-1;+1. The van der Waals surface area contributed by atoms with Crippen LogP contribution in [0.15, 0.2) is 48.7 Å². The van der Waals surface area contributed by atoms with Crippen molar-refractivity contribution in [3.63, 3.8) is 0 Å². The van der Waals surface area contributed by atoms with E-state index in [0.29, 0.717) is 18.5 Å². The third-order valence-corrected chi connectivity index (χ3v) is 6.23. The molecule has 0 aliphatic heterocycles. The maximum atomic E-state index is 13.0. The van der Waals surface area contributed by atoms with E-state index >= 15 is 0 Å². The molecular weight excluding hydrogens is 597 g/mol. The van der Waals surface area contributed by atoms with Crippen molar-refractivity contribution in [2.45, 2.75) is 57.2 Å². The Kier molecular flexibility index (Phi) is 15.0. The average molecular weight is 635 g/mol. The van der Waals surface area contributed by atoms with Crippen molar-refractivity contribution < 1.29 is 92.3 Å². The van der Waals surface area contributed by atoms with Crippen molar-refractivity contribution in [3.8, 4) is 5.75 Å². The van der Waals surface area contributed by atoms with Crippen LogP contribution in [0.2, 0.25) is 0 Å². The summed E-state index contributed by atoms with van der Waals surface area (Å²) in [4.78, 5) is 13.5. The van der Waals surface area contributed by atoms with E-state index in [1.165, 1.54) is 0 Å². The van der Waals surface area contributed by atoms with E-state index in [1.807, 2.05) is 12.3 Å². The molecule has 3 aromatic rings. The van der Waals surface area contributed by atoms with E-state index in [4.69, 9.17) is 9.84 Å². The molecule has 1 aliphatic rings. The summed E-state index contributed by atoms with van der Waals surface area (Å²) in [7, 11) is 1.69. The van der Waals surface area contributed by atoms with Crippen LogP contribution in [-0.4, -0.2) is 47.7 Å². The van der Waals surface area contributed by atoms with Crippen molar-refractivity contribution in [3.05, 3.63) is 79.7 Å². The molecule has 0 bridgehead atoms. The Morgan fingerprint density at radius 1 is 1.27 bits per heavy atom. The molecule has 37 heavy (non-hydrogen) atoms. The van der Waals surface area contributed by atoms with Crippen molar-refractivity contribution >= 4 is 16.9 Å². The third-order valence-electron chi connectivity index (χ3n) is 6.23. The second-order valence-electron chi connectivity index (χ2n) is 8.89. The molecule has 1 aromatic heterocycles. The van der Waals surface area contributed by atoms with Gasteiger partial charge < -0.3 is 39.8 Å². The summed E-state index contributed by atoms with van der Waals surface area (Å²) >= 11 is 0. The molecule has 6 nitrogen and oxygen atoms in total. The maximum Gasteiger partial charge on any atom is 1.00 e. The predicted octanol–water partition coefficient (Wildman–Crippen LogP) is 2.78. The first-order valence-electron chi connectivity index (χ1n) is 11.8. The summed E-state index contributed by atoms with van der Waals surface area (Å²) in [6.45, 7) is 7.49. The first-order valence-corrected chi connectivity index (χ1v) is 11.8. The fourth-order valence-corrected chi connectivity index (χ4v) is 4.29. The number of methoxy groups -OCH3 is 1. The summed E-state index contributed by atoms with van der Waals surface area (Å²) in [6, 6.07) is 12.5. The Bertz CT molecular complexity index is 1100. The number of aromatic amines is 1. The topological polar surface area (TPSA) is 86.4 Å². The first kappa shape index (κ1) is 34.1. The molecular formula is C28H37CsF2N3O3-. The number of aryl methyl sites for hydroxylation is 1. The van der Waals surface area contributed by atoms with Gasteiger partial charge in [0.1, 0.15) is 5.75 Å². The van der Waals surface area contributed by atoms with Gasteiger partial charge in [-0.2, -0.15) is 6.42 Å². The summed E-state index contributed by atoms with van der Waals surface area (Å²) in [5.74, 6) is -2.48.